The van der Waals surface area contributed by atoms with Crippen LogP contribution in [0.3, 0.4) is 0 Å². The van der Waals surface area contributed by atoms with Crippen molar-refractivity contribution in [1.82, 2.24) is 4.57 Å². The average molecular weight is 536 g/mol. The van der Waals surface area contributed by atoms with Crippen LogP contribution >= 0.6 is 22.9 Å². The zero-order chi connectivity index (χ0) is 26.3. The Balaban J connectivity index is 1.63. The standard InChI is InChI=1S/C26H18ClN3O6S/c1-14-22(25(32)35-2)23(15-6-4-3-5-7-15)29-24(31)21(37-26(29)28-14)13-17-9-11-20(36-17)18-12-16(30(33)34)8-10-19(18)27/h3-13,23H,1-2H3/b21-13-/t23-/m1/s1. The highest BCUT2D eigenvalue weighted by atomic mass is 35.5. The maximum atomic E-state index is 13.6. The Hall–Kier alpha value is -4.28. The molecule has 11 heteroatoms. The smallest absolute Gasteiger partial charge is 0.338 e. The van der Waals surface area contributed by atoms with Crippen molar-refractivity contribution in [3.8, 4) is 11.3 Å². The predicted molar refractivity (Wildman–Crippen MR) is 138 cm³/mol. The zero-order valence-corrected chi connectivity index (χ0v) is 21.1. The second-order valence-electron chi connectivity index (χ2n) is 8.11. The quantitative estimate of drug-likeness (QED) is 0.214. The number of esters is 1. The lowest BCUT2D eigenvalue weighted by Gasteiger charge is -2.24. The maximum absolute atomic E-state index is 13.6. The summed E-state index contributed by atoms with van der Waals surface area (Å²) in [6.07, 6.45) is 1.57. The number of non-ortho nitro benzene ring substituents is 1. The van der Waals surface area contributed by atoms with Gasteiger partial charge in [-0.05, 0) is 30.7 Å². The van der Waals surface area contributed by atoms with Crippen molar-refractivity contribution in [3.05, 3.63) is 118 Å². The summed E-state index contributed by atoms with van der Waals surface area (Å²) in [5, 5.41) is 11.5. The molecule has 0 saturated carbocycles. The van der Waals surface area contributed by atoms with Crippen LogP contribution < -0.4 is 14.9 Å². The molecule has 0 bridgehead atoms. The van der Waals surface area contributed by atoms with Gasteiger partial charge in [-0.15, -0.1) is 0 Å². The van der Waals surface area contributed by atoms with Gasteiger partial charge in [0.15, 0.2) is 4.80 Å². The van der Waals surface area contributed by atoms with E-state index in [-0.39, 0.29) is 16.8 Å². The highest BCUT2D eigenvalue weighted by Crippen LogP contribution is 2.33. The van der Waals surface area contributed by atoms with Crippen molar-refractivity contribution in [3.63, 3.8) is 0 Å². The maximum Gasteiger partial charge on any atom is 0.338 e. The molecule has 0 unspecified atom stereocenters. The number of nitrogens with zero attached hydrogens (tertiary/aromatic N) is 3. The van der Waals surface area contributed by atoms with Crippen LogP contribution in [-0.2, 0) is 9.53 Å². The summed E-state index contributed by atoms with van der Waals surface area (Å²) >= 11 is 7.40. The second kappa shape index (κ2) is 9.64. The van der Waals surface area contributed by atoms with Gasteiger partial charge in [0.1, 0.15) is 11.5 Å². The fourth-order valence-corrected chi connectivity index (χ4v) is 5.40. The number of hydrogen-bond acceptors (Lipinski definition) is 8. The van der Waals surface area contributed by atoms with Crippen LogP contribution in [0.2, 0.25) is 5.02 Å². The lowest BCUT2D eigenvalue weighted by Crippen LogP contribution is -2.39. The SMILES string of the molecule is COC(=O)C1=C(C)N=c2s/c(=C\c3ccc(-c4cc([N+](=O)[O-])ccc4Cl)o3)c(=O)n2[C@@H]1c1ccccc1. The van der Waals surface area contributed by atoms with Crippen molar-refractivity contribution < 1.29 is 18.9 Å². The molecule has 0 aliphatic carbocycles. The van der Waals surface area contributed by atoms with E-state index in [1.165, 1.54) is 29.9 Å². The largest absolute Gasteiger partial charge is 0.466 e. The molecule has 9 nitrogen and oxygen atoms in total. The first-order valence-corrected chi connectivity index (χ1v) is 12.2. The van der Waals surface area contributed by atoms with Gasteiger partial charge in [0.2, 0.25) is 0 Å². The minimum absolute atomic E-state index is 0.122. The van der Waals surface area contributed by atoms with E-state index < -0.39 is 16.9 Å². The van der Waals surface area contributed by atoms with Gasteiger partial charge in [-0.3, -0.25) is 19.5 Å². The van der Waals surface area contributed by atoms with Crippen molar-refractivity contribution in [2.24, 2.45) is 4.99 Å². The fourth-order valence-electron chi connectivity index (χ4n) is 4.16. The molecule has 4 aromatic rings. The number of allylic oxidation sites excluding steroid dienone is 1. The summed E-state index contributed by atoms with van der Waals surface area (Å²) in [6, 6.07) is 15.8. The summed E-state index contributed by atoms with van der Waals surface area (Å²) in [6.45, 7) is 1.71. The summed E-state index contributed by atoms with van der Waals surface area (Å²) in [4.78, 5) is 41.9. The average Bonchev–Trinajstić information content (AvgIpc) is 3.47. The molecule has 0 saturated heterocycles. The number of benzene rings is 2. The van der Waals surface area contributed by atoms with E-state index in [0.717, 1.165) is 16.9 Å². The Morgan fingerprint density at radius 2 is 1.97 bits per heavy atom. The molecule has 1 aliphatic rings. The lowest BCUT2D eigenvalue weighted by atomic mass is 9.96. The molecule has 2 aromatic carbocycles. The summed E-state index contributed by atoms with van der Waals surface area (Å²) in [7, 11) is 1.29. The number of halogens is 1. The van der Waals surface area contributed by atoms with Gasteiger partial charge in [-0.2, -0.15) is 0 Å². The first-order valence-electron chi connectivity index (χ1n) is 11.0. The molecule has 1 atom stereocenters. The normalized spacial score (nSPS) is 15.3. The van der Waals surface area contributed by atoms with Crippen LogP contribution in [0.15, 0.2) is 86.1 Å². The van der Waals surface area contributed by atoms with E-state index in [9.17, 15) is 19.7 Å². The molecule has 0 radical (unpaired) electrons. The number of nitro benzene ring substituents is 1. The Kier molecular flexibility index (Phi) is 6.36. The number of hydrogen-bond donors (Lipinski definition) is 0. The van der Waals surface area contributed by atoms with Gasteiger partial charge < -0.3 is 9.15 Å². The second-order valence-corrected chi connectivity index (χ2v) is 9.52. The van der Waals surface area contributed by atoms with E-state index in [2.05, 4.69) is 4.99 Å². The zero-order valence-electron chi connectivity index (χ0n) is 19.5. The molecule has 3 heterocycles. The van der Waals surface area contributed by atoms with E-state index in [1.807, 2.05) is 30.3 Å². The number of aromatic nitrogens is 1. The predicted octanol–water partition coefficient (Wildman–Crippen LogP) is 4.23. The molecule has 5 rings (SSSR count). The van der Waals surface area contributed by atoms with Crippen LogP contribution in [0.25, 0.3) is 17.4 Å². The minimum Gasteiger partial charge on any atom is -0.466 e. The van der Waals surface area contributed by atoms with Crippen LogP contribution in [0.4, 0.5) is 5.69 Å². The molecule has 1 aliphatic heterocycles. The van der Waals surface area contributed by atoms with Crippen LogP contribution in [0.5, 0.6) is 0 Å². The highest BCUT2D eigenvalue weighted by Gasteiger charge is 2.33. The number of carbonyl (C=O) groups excluding carboxylic acids is 1. The number of methoxy groups -OCH3 is 1. The number of furan rings is 1. The molecule has 2 aromatic heterocycles. The third-order valence-electron chi connectivity index (χ3n) is 5.87. The Morgan fingerprint density at radius 1 is 1.22 bits per heavy atom. The molecule has 0 fully saturated rings. The van der Waals surface area contributed by atoms with Gasteiger partial charge >= 0.3 is 5.97 Å². The van der Waals surface area contributed by atoms with Crippen molar-refractivity contribution in [2.75, 3.05) is 7.11 Å². The number of carbonyl (C=O) groups is 1. The lowest BCUT2D eigenvalue weighted by molar-refractivity contribution is -0.384. The molecular formula is C26H18ClN3O6S. The molecule has 0 N–H and O–H groups in total. The molecule has 0 spiro atoms. The van der Waals surface area contributed by atoms with Gasteiger partial charge in [0, 0.05) is 23.8 Å². The topological polar surface area (TPSA) is 117 Å². The highest BCUT2D eigenvalue weighted by molar-refractivity contribution is 7.07. The summed E-state index contributed by atoms with van der Waals surface area (Å²) in [5.74, 6) is 0.107. The first-order chi connectivity index (χ1) is 17.8. The fraction of sp³-hybridized carbons (Fsp3) is 0.115. The van der Waals surface area contributed by atoms with Crippen molar-refractivity contribution in [1.29, 1.82) is 0 Å². The molecule has 186 valence electrons. The summed E-state index contributed by atoms with van der Waals surface area (Å²) < 4.78 is 12.7. The van der Waals surface area contributed by atoms with Crippen LogP contribution in [-0.4, -0.2) is 22.6 Å². The Morgan fingerprint density at radius 3 is 2.68 bits per heavy atom. The molecule has 0 amide bonds. The number of rotatable bonds is 5. The number of fused-ring (bicyclic) bond motifs is 1. The third-order valence-corrected chi connectivity index (χ3v) is 7.18. The van der Waals surface area contributed by atoms with Crippen molar-refractivity contribution >= 4 is 40.7 Å². The van der Waals surface area contributed by atoms with Gasteiger partial charge in [0.25, 0.3) is 11.2 Å². The van der Waals surface area contributed by atoms with Crippen LogP contribution in [0.1, 0.15) is 24.3 Å². The number of ether oxygens (including phenoxy) is 1. The minimum atomic E-state index is -0.706. The van der Waals surface area contributed by atoms with E-state index in [1.54, 1.807) is 25.1 Å². The third kappa shape index (κ3) is 4.41. The number of thiazole rings is 1. The monoisotopic (exact) mass is 535 g/mol. The van der Waals surface area contributed by atoms with Crippen LogP contribution in [0, 0.1) is 10.1 Å². The molecule has 37 heavy (non-hydrogen) atoms. The van der Waals surface area contributed by atoms with Crippen molar-refractivity contribution in [2.45, 2.75) is 13.0 Å². The Labute approximate surface area is 218 Å². The number of nitro groups is 1. The Bertz CT molecular complexity index is 1770. The summed E-state index contributed by atoms with van der Waals surface area (Å²) in [5.41, 5.74) is 1.38. The van der Waals surface area contributed by atoms with E-state index in [4.69, 9.17) is 20.8 Å². The molecular weight excluding hydrogens is 518 g/mol. The van der Waals surface area contributed by atoms with E-state index in [0.29, 0.717) is 37.1 Å². The van der Waals surface area contributed by atoms with Gasteiger partial charge in [0.05, 0.1) is 38.9 Å². The first kappa shape index (κ1) is 24.4. The van der Waals surface area contributed by atoms with Gasteiger partial charge in [-0.25, -0.2) is 9.79 Å². The van der Waals surface area contributed by atoms with E-state index >= 15 is 0 Å². The van der Waals surface area contributed by atoms with Gasteiger partial charge in [-0.1, -0.05) is 53.3 Å².